The van der Waals surface area contributed by atoms with E-state index in [-0.39, 0.29) is 6.04 Å². The minimum absolute atomic E-state index is 0.120. The highest BCUT2D eigenvalue weighted by Crippen LogP contribution is 2.25. The van der Waals surface area contributed by atoms with Crippen LogP contribution in [0.5, 0.6) is 0 Å². The summed E-state index contributed by atoms with van der Waals surface area (Å²) in [5, 5.41) is 2.12. The van der Waals surface area contributed by atoms with E-state index in [9.17, 15) is 0 Å². The van der Waals surface area contributed by atoms with Crippen molar-refractivity contribution in [3.05, 3.63) is 57.3 Å². The van der Waals surface area contributed by atoms with Gasteiger partial charge in [0.15, 0.2) is 0 Å². The molecule has 1 aromatic carbocycles. The average Bonchev–Trinajstić information content (AvgIpc) is 2.76. The maximum absolute atomic E-state index is 6.28. The van der Waals surface area contributed by atoms with Crippen LogP contribution in [0.15, 0.2) is 35.7 Å². The molecule has 0 radical (unpaired) electrons. The molecule has 0 aliphatic rings. The average molecular weight is 259 g/mol. The van der Waals surface area contributed by atoms with Crippen LogP contribution >= 0.6 is 11.3 Å². The van der Waals surface area contributed by atoms with Gasteiger partial charge in [0.1, 0.15) is 0 Å². The van der Waals surface area contributed by atoms with Crippen LogP contribution in [0.25, 0.3) is 0 Å². The smallest absolute Gasteiger partial charge is 0.0433 e. The normalized spacial score (nSPS) is 12.9. The van der Waals surface area contributed by atoms with E-state index >= 15 is 0 Å². The van der Waals surface area contributed by atoms with Crippen LogP contribution in [0.3, 0.4) is 0 Å². The zero-order valence-corrected chi connectivity index (χ0v) is 12.1. The Labute approximate surface area is 114 Å². The Hall–Kier alpha value is -1.12. The van der Waals surface area contributed by atoms with Crippen LogP contribution in [-0.4, -0.2) is 0 Å². The summed E-state index contributed by atoms with van der Waals surface area (Å²) in [6.45, 7) is 6.57. The standard InChI is InChI=1S/C16H21NS/c1-11(2)14-6-4-13(5-7-14)10-15(17)16-12(3)8-9-18-16/h4-9,11,15H,10,17H2,1-3H3. The molecule has 0 bridgehead atoms. The van der Waals surface area contributed by atoms with Gasteiger partial charge in [0, 0.05) is 10.9 Å². The summed E-state index contributed by atoms with van der Waals surface area (Å²) in [5.74, 6) is 0.590. The third kappa shape index (κ3) is 3.01. The van der Waals surface area contributed by atoms with Gasteiger partial charge >= 0.3 is 0 Å². The second kappa shape index (κ2) is 5.68. The van der Waals surface area contributed by atoms with E-state index in [0.29, 0.717) is 5.92 Å². The Bertz CT molecular complexity index is 496. The van der Waals surface area contributed by atoms with E-state index in [0.717, 1.165) is 6.42 Å². The van der Waals surface area contributed by atoms with E-state index in [1.165, 1.54) is 21.6 Å². The molecule has 2 rings (SSSR count). The van der Waals surface area contributed by atoms with Gasteiger partial charge in [0.25, 0.3) is 0 Å². The molecule has 1 nitrogen and oxygen atoms in total. The Kier molecular flexibility index (Phi) is 4.20. The van der Waals surface area contributed by atoms with Crippen molar-refractivity contribution in [1.29, 1.82) is 0 Å². The Morgan fingerprint density at radius 2 is 1.78 bits per heavy atom. The predicted octanol–water partition coefficient (Wildman–Crippen LogP) is 4.42. The Balaban J connectivity index is 2.08. The first-order valence-corrected chi connectivity index (χ1v) is 7.34. The van der Waals surface area contributed by atoms with Gasteiger partial charge in [0.05, 0.1) is 0 Å². The molecule has 0 saturated carbocycles. The lowest BCUT2D eigenvalue weighted by molar-refractivity contribution is 0.731. The van der Waals surface area contributed by atoms with Gasteiger partial charge in [-0.25, -0.2) is 0 Å². The zero-order valence-electron chi connectivity index (χ0n) is 11.3. The lowest BCUT2D eigenvalue weighted by Crippen LogP contribution is -2.12. The lowest BCUT2D eigenvalue weighted by atomic mass is 9.98. The van der Waals surface area contributed by atoms with E-state index in [1.807, 2.05) is 0 Å². The van der Waals surface area contributed by atoms with Crippen LogP contribution < -0.4 is 5.73 Å². The van der Waals surface area contributed by atoms with Gasteiger partial charge in [-0.1, -0.05) is 38.1 Å². The first-order chi connectivity index (χ1) is 8.58. The van der Waals surface area contributed by atoms with Crippen molar-refractivity contribution in [1.82, 2.24) is 0 Å². The van der Waals surface area contributed by atoms with Crippen LogP contribution in [0, 0.1) is 6.92 Å². The van der Waals surface area contributed by atoms with Crippen molar-refractivity contribution in [3.8, 4) is 0 Å². The molecule has 2 N–H and O–H groups in total. The third-order valence-corrected chi connectivity index (χ3v) is 4.49. The molecule has 18 heavy (non-hydrogen) atoms. The number of hydrogen-bond donors (Lipinski definition) is 1. The van der Waals surface area contributed by atoms with Crippen molar-refractivity contribution >= 4 is 11.3 Å². The SMILES string of the molecule is Cc1ccsc1C(N)Cc1ccc(C(C)C)cc1. The molecule has 0 spiro atoms. The number of benzene rings is 1. The van der Waals surface area contributed by atoms with Gasteiger partial charge in [-0.15, -0.1) is 11.3 Å². The number of aryl methyl sites for hydroxylation is 1. The van der Waals surface area contributed by atoms with Gasteiger partial charge in [-0.3, -0.25) is 0 Å². The summed E-state index contributed by atoms with van der Waals surface area (Å²) in [7, 11) is 0. The van der Waals surface area contributed by atoms with E-state index < -0.39 is 0 Å². The van der Waals surface area contributed by atoms with Crippen LogP contribution in [0.1, 0.15) is 47.4 Å². The maximum Gasteiger partial charge on any atom is 0.0433 e. The summed E-state index contributed by atoms with van der Waals surface area (Å²) in [5.41, 5.74) is 10.3. The fraction of sp³-hybridized carbons (Fsp3) is 0.375. The molecule has 0 fully saturated rings. The van der Waals surface area contributed by atoms with Gasteiger partial charge in [0.2, 0.25) is 0 Å². The Morgan fingerprint density at radius 1 is 1.11 bits per heavy atom. The highest BCUT2D eigenvalue weighted by Gasteiger charge is 2.11. The van der Waals surface area contributed by atoms with Gasteiger partial charge in [-0.2, -0.15) is 0 Å². The molecule has 96 valence electrons. The summed E-state index contributed by atoms with van der Waals surface area (Å²) >= 11 is 1.76. The third-order valence-electron chi connectivity index (χ3n) is 3.34. The lowest BCUT2D eigenvalue weighted by Gasteiger charge is -2.12. The van der Waals surface area contributed by atoms with Crippen molar-refractivity contribution in [2.75, 3.05) is 0 Å². The van der Waals surface area contributed by atoms with Crippen molar-refractivity contribution in [2.45, 2.75) is 39.2 Å². The minimum Gasteiger partial charge on any atom is -0.323 e. The van der Waals surface area contributed by atoms with Crippen molar-refractivity contribution in [2.24, 2.45) is 5.73 Å². The highest BCUT2D eigenvalue weighted by atomic mass is 32.1. The zero-order chi connectivity index (χ0) is 13.1. The fourth-order valence-electron chi connectivity index (χ4n) is 2.15. The number of nitrogens with two attached hydrogens (primary N) is 1. The molecule has 0 amide bonds. The summed E-state index contributed by atoms with van der Waals surface area (Å²) in [4.78, 5) is 1.31. The first kappa shape index (κ1) is 13.3. The molecule has 1 heterocycles. The molecule has 1 aromatic heterocycles. The predicted molar refractivity (Wildman–Crippen MR) is 80.2 cm³/mol. The van der Waals surface area contributed by atoms with Crippen LogP contribution in [0.4, 0.5) is 0 Å². The van der Waals surface area contributed by atoms with E-state index in [2.05, 4.69) is 56.5 Å². The summed E-state index contributed by atoms with van der Waals surface area (Å²) in [6.07, 6.45) is 0.916. The molecule has 0 aliphatic carbocycles. The monoisotopic (exact) mass is 259 g/mol. The highest BCUT2D eigenvalue weighted by molar-refractivity contribution is 7.10. The Morgan fingerprint density at radius 3 is 2.28 bits per heavy atom. The molecule has 2 heteroatoms. The molecular formula is C16H21NS. The molecule has 0 saturated heterocycles. The molecule has 1 unspecified atom stereocenters. The van der Waals surface area contributed by atoms with Crippen molar-refractivity contribution < 1.29 is 0 Å². The second-order valence-corrected chi connectivity index (χ2v) is 6.12. The molecule has 2 aromatic rings. The number of hydrogen-bond acceptors (Lipinski definition) is 2. The summed E-state index contributed by atoms with van der Waals surface area (Å²) < 4.78 is 0. The number of thiophene rings is 1. The fourth-order valence-corrected chi connectivity index (χ4v) is 3.08. The minimum atomic E-state index is 0.120. The molecule has 1 atom stereocenters. The van der Waals surface area contributed by atoms with Crippen LogP contribution in [-0.2, 0) is 6.42 Å². The molecular weight excluding hydrogens is 238 g/mol. The maximum atomic E-state index is 6.28. The topological polar surface area (TPSA) is 26.0 Å². The van der Waals surface area contributed by atoms with E-state index in [1.54, 1.807) is 11.3 Å². The van der Waals surface area contributed by atoms with Crippen molar-refractivity contribution in [3.63, 3.8) is 0 Å². The van der Waals surface area contributed by atoms with Gasteiger partial charge < -0.3 is 5.73 Å². The first-order valence-electron chi connectivity index (χ1n) is 6.46. The second-order valence-electron chi connectivity index (χ2n) is 5.17. The molecule has 0 aliphatic heterocycles. The van der Waals surface area contributed by atoms with Crippen LogP contribution in [0.2, 0.25) is 0 Å². The quantitative estimate of drug-likeness (QED) is 0.864. The van der Waals surface area contributed by atoms with Gasteiger partial charge in [-0.05, 0) is 47.4 Å². The number of rotatable bonds is 4. The summed E-state index contributed by atoms with van der Waals surface area (Å²) in [6, 6.07) is 11.1. The largest absolute Gasteiger partial charge is 0.323 e. The van der Waals surface area contributed by atoms with E-state index in [4.69, 9.17) is 5.73 Å².